The van der Waals surface area contributed by atoms with E-state index in [4.69, 9.17) is 14.3 Å². The molecular formula is C17H31NO3. The van der Waals surface area contributed by atoms with E-state index >= 15 is 0 Å². The van der Waals surface area contributed by atoms with Crippen molar-refractivity contribution in [3.63, 3.8) is 0 Å². The Hall–Kier alpha value is -0.580. The Bertz CT molecular complexity index is 347. The van der Waals surface area contributed by atoms with Crippen molar-refractivity contribution < 1.29 is 14.3 Å². The molecule has 0 amide bonds. The van der Waals surface area contributed by atoms with E-state index in [9.17, 15) is 0 Å². The van der Waals surface area contributed by atoms with Gasteiger partial charge in [-0.15, -0.1) is 0 Å². The Labute approximate surface area is 129 Å². The molecule has 21 heavy (non-hydrogen) atoms. The second-order valence-corrected chi connectivity index (χ2v) is 7.45. The highest BCUT2D eigenvalue weighted by atomic mass is 16.7. The predicted octanol–water partition coefficient (Wildman–Crippen LogP) is 3.67. The first-order chi connectivity index (χ1) is 9.85. The van der Waals surface area contributed by atoms with Crippen LogP contribution in [0.3, 0.4) is 0 Å². The van der Waals surface area contributed by atoms with Gasteiger partial charge in [-0.3, -0.25) is 4.84 Å². The van der Waals surface area contributed by atoms with Crippen LogP contribution in [0.25, 0.3) is 0 Å². The first kappa shape index (κ1) is 16.8. The number of piperidine rings is 1. The lowest BCUT2D eigenvalue weighted by molar-refractivity contribution is -0.311. The summed E-state index contributed by atoms with van der Waals surface area (Å²) in [6.45, 7) is 12.7. The summed E-state index contributed by atoms with van der Waals surface area (Å²) in [6.07, 6.45) is 8.19. The lowest BCUT2D eigenvalue weighted by Gasteiger charge is -2.54. The number of nitrogens with zero attached hydrogens (tertiary/aromatic N) is 1. The molecule has 2 rings (SSSR count). The monoisotopic (exact) mass is 297 g/mol. The standard InChI is InChI=1S/C17H31NO3/c1-6-9-20-15-12-16(2,3)18(17(4,5)13-15)21-14-7-10-19-11-8-14/h7,10,14-15H,6,8-9,11-13H2,1-5H3. The van der Waals surface area contributed by atoms with Gasteiger partial charge >= 0.3 is 0 Å². The Kier molecular flexibility index (Phi) is 5.33. The number of hydrogen-bond donors (Lipinski definition) is 0. The van der Waals surface area contributed by atoms with Gasteiger partial charge in [0.2, 0.25) is 0 Å². The fraction of sp³-hybridized carbons (Fsp3) is 0.882. The number of hydroxylamine groups is 2. The van der Waals surface area contributed by atoms with Gasteiger partial charge in [-0.1, -0.05) is 6.92 Å². The molecule has 2 heterocycles. The zero-order valence-corrected chi connectivity index (χ0v) is 14.2. The third-order valence-electron chi connectivity index (χ3n) is 4.26. The zero-order valence-electron chi connectivity index (χ0n) is 14.2. The minimum atomic E-state index is -0.0354. The van der Waals surface area contributed by atoms with Crippen LogP contribution in [0, 0.1) is 0 Å². The smallest absolute Gasteiger partial charge is 0.104 e. The molecule has 4 heteroatoms. The van der Waals surface area contributed by atoms with Gasteiger partial charge in [-0.25, -0.2) is 0 Å². The predicted molar refractivity (Wildman–Crippen MR) is 83.8 cm³/mol. The second-order valence-electron chi connectivity index (χ2n) is 7.45. The van der Waals surface area contributed by atoms with E-state index in [-0.39, 0.29) is 17.2 Å². The molecule has 0 aromatic heterocycles. The van der Waals surface area contributed by atoms with Crippen LogP contribution >= 0.6 is 0 Å². The summed E-state index contributed by atoms with van der Waals surface area (Å²) < 4.78 is 11.3. The molecule has 0 spiro atoms. The third kappa shape index (κ3) is 4.21. The van der Waals surface area contributed by atoms with Gasteiger partial charge in [0.25, 0.3) is 0 Å². The van der Waals surface area contributed by atoms with Gasteiger partial charge in [0.05, 0.1) is 19.0 Å². The van der Waals surface area contributed by atoms with Gasteiger partial charge in [-0.2, -0.15) is 5.06 Å². The van der Waals surface area contributed by atoms with Gasteiger partial charge in [-0.05, 0) is 53.0 Å². The number of rotatable bonds is 5. The molecule has 0 radical (unpaired) electrons. The maximum absolute atomic E-state index is 6.33. The molecule has 1 fully saturated rings. The molecule has 2 aliphatic heterocycles. The van der Waals surface area contributed by atoms with Crippen LogP contribution in [0.15, 0.2) is 12.3 Å². The summed E-state index contributed by atoms with van der Waals surface area (Å²) in [5.74, 6) is 0. The molecule has 4 nitrogen and oxygen atoms in total. The minimum Gasteiger partial charge on any atom is -0.501 e. The first-order valence-electron chi connectivity index (χ1n) is 8.22. The fourth-order valence-electron chi connectivity index (χ4n) is 3.57. The largest absolute Gasteiger partial charge is 0.501 e. The molecule has 0 saturated carbocycles. The summed E-state index contributed by atoms with van der Waals surface area (Å²) >= 11 is 0. The summed E-state index contributed by atoms with van der Waals surface area (Å²) in [7, 11) is 0. The van der Waals surface area contributed by atoms with E-state index in [1.807, 2.05) is 6.08 Å². The summed E-state index contributed by atoms with van der Waals surface area (Å²) in [5.41, 5.74) is -0.0708. The average molecular weight is 297 g/mol. The van der Waals surface area contributed by atoms with E-state index in [2.05, 4.69) is 39.7 Å². The molecular weight excluding hydrogens is 266 g/mol. The Balaban J connectivity index is 2.05. The van der Waals surface area contributed by atoms with Crippen LogP contribution in [-0.2, 0) is 14.3 Å². The van der Waals surface area contributed by atoms with Crippen molar-refractivity contribution in [1.82, 2.24) is 5.06 Å². The van der Waals surface area contributed by atoms with Gasteiger partial charge < -0.3 is 9.47 Å². The van der Waals surface area contributed by atoms with Crippen molar-refractivity contribution in [2.24, 2.45) is 0 Å². The quantitative estimate of drug-likeness (QED) is 0.775. The Morgan fingerprint density at radius 1 is 1.19 bits per heavy atom. The second kappa shape index (κ2) is 6.67. The molecule has 0 aromatic rings. The molecule has 0 bridgehead atoms. The Morgan fingerprint density at radius 2 is 1.86 bits per heavy atom. The third-order valence-corrected chi connectivity index (χ3v) is 4.26. The van der Waals surface area contributed by atoms with Gasteiger partial charge in [0.1, 0.15) is 6.10 Å². The van der Waals surface area contributed by atoms with Crippen molar-refractivity contribution in [3.05, 3.63) is 12.3 Å². The van der Waals surface area contributed by atoms with Crippen molar-refractivity contribution >= 4 is 0 Å². The molecule has 0 aromatic carbocycles. The number of ether oxygens (including phenoxy) is 2. The minimum absolute atomic E-state index is 0.0354. The van der Waals surface area contributed by atoms with Crippen molar-refractivity contribution in [2.45, 2.75) is 83.6 Å². The first-order valence-corrected chi connectivity index (χ1v) is 8.22. The molecule has 1 atom stereocenters. The maximum Gasteiger partial charge on any atom is 0.104 e. The van der Waals surface area contributed by atoms with Crippen LogP contribution in [0.2, 0.25) is 0 Å². The highest BCUT2D eigenvalue weighted by Crippen LogP contribution is 2.40. The SMILES string of the molecule is CCCOC1CC(C)(C)N(OC2C=COCC2)C(C)(C)C1. The molecule has 0 aliphatic carbocycles. The highest BCUT2D eigenvalue weighted by Gasteiger charge is 2.47. The summed E-state index contributed by atoms with van der Waals surface area (Å²) in [4.78, 5) is 6.33. The lowest BCUT2D eigenvalue weighted by atomic mass is 9.80. The van der Waals surface area contributed by atoms with E-state index < -0.39 is 0 Å². The average Bonchev–Trinajstić information content (AvgIpc) is 2.41. The molecule has 2 aliphatic rings. The van der Waals surface area contributed by atoms with E-state index in [0.717, 1.165) is 38.9 Å². The van der Waals surface area contributed by atoms with E-state index in [1.54, 1.807) is 6.26 Å². The summed E-state index contributed by atoms with van der Waals surface area (Å²) in [6, 6.07) is 0. The van der Waals surface area contributed by atoms with E-state index in [1.165, 1.54) is 0 Å². The molecule has 0 N–H and O–H groups in total. The van der Waals surface area contributed by atoms with Crippen molar-refractivity contribution in [3.8, 4) is 0 Å². The van der Waals surface area contributed by atoms with Gasteiger partial charge in [0, 0.05) is 24.1 Å². The van der Waals surface area contributed by atoms with Crippen LogP contribution in [0.4, 0.5) is 0 Å². The molecule has 122 valence electrons. The van der Waals surface area contributed by atoms with Crippen LogP contribution in [0.1, 0.15) is 60.3 Å². The zero-order chi connectivity index (χ0) is 15.5. The molecule has 1 unspecified atom stereocenters. The van der Waals surface area contributed by atoms with Crippen LogP contribution in [0.5, 0.6) is 0 Å². The highest BCUT2D eigenvalue weighted by molar-refractivity contribution is 4.98. The van der Waals surface area contributed by atoms with Crippen molar-refractivity contribution in [1.29, 1.82) is 0 Å². The van der Waals surface area contributed by atoms with E-state index in [0.29, 0.717) is 6.10 Å². The topological polar surface area (TPSA) is 30.9 Å². The normalized spacial score (nSPS) is 29.3. The number of hydrogen-bond acceptors (Lipinski definition) is 4. The Morgan fingerprint density at radius 3 is 2.38 bits per heavy atom. The molecule has 1 saturated heterocycles. The van der Waals surface area contributed by atoms with Crippen LogP contribution in [-0.4, -0.2) is 41.6 Å². The van der Waals surface area contributed by atoms with Gasteiger partial charge in [0.15, 0.2) is 0 Å². The van der Waals surface area contributed by atoms with Crippen molar-refractivity contribution in [2.75, 3.05) is 13.2 Å². The van der Waals surface area contributed by atoms with Crippen LogP contribution < -0.4 is 0 Å². The lowest BCUT2D eigenvalue weighted by Crippen LogP contribution is -2.62. The fourth-order valence-corrected chi connectivity index (χ4v) is 3.57. The summed E-state index contributed by atoms with van der Waals surface area (Å²) in [5, 5.41) is 2.20. The maximum atomic E-state index is 6.33.